The molecule has 0 unspecified atom stereocenters. The molecule has 0 saturated heterocycles. The van der Waals surface area contributed by atoms with Gasteiger partial charge in [-0.3, -0.25) is 9.52 Å². The van der Waals surface area contributed by atoms with Crippen molar-refractivity contribution in [2.24, 2.45) is 11.3 Å². The Labute approximate surface area is 213 Å². The summed E-state index contributed by atoms with van der Waals surface area (Å²) in [5.41, 5.74) is 2.76. The summed E-state index contributed by atoms with van der Waals surface area (Å²) in [6.07, 6.45) is 10.4. The first-order valence-corrected chi connectivity index (χ1v) is 15.1. The summed E-state index contributed by atoms with van der Waals surface area (Å²) in [5, 5.41) is 10.8. The van der Waals surface area contributed by atoms with Crippen molar-refractivity contribution in [3.8, 4) is 0 Å². The van der Waals surface area contributed by atoms with Gasteiger partial charge in [-0.25, -0.2) is 8.42 Å². The molecule has 36 heavy (non-hydrogen) atoms. The van der Waals surface area contributed by atoms with E-state index in [0.717, 1.165) is 62.6 Å². The molecule has 1 aromatic carbocycles. The van der Waals surface area contributed by atoms with Gasteiger partial charge in [-0.2, -0.15) is 0 Å². The van der Waals surface area contributed by atoms with Crippen molar-refractivity contribution < 1.29 is 22.7 Å². The van der Waals surface area contributed by atoms with Crippen LogP contribution in [0, 0.1) is 11.3 Å². The van der Waals surface area contributed by atoms with E-state index in [1.54, 1.807) is 25.1 Å². The van der Waals surface area contributed by atoms with Crippen molar-refractivity contribution in [3.05, 3.63) is 47.4 Å². The number of aliphatic hydroxyl groups is 1. The van der Waals surface area contributed by atoms with Gasteiger partial charge in [0.2, 0.25) is 10.0 Å². The smallest absolute Gasteiger partial charge is 0.294 e. The van der Waals surface area contributed by atoms with E-state index >= 15 is 0 Å². The Bertz CT molecular complexity index is 1260. The van der Waals surface area contributed by atoms with Crippen molar-refractivity contribution in [2.75, 3.05) is 21.9 Å². The molecule has 2 N–H and O–H groups in total. The summed E-state index contributed by atoms with van der Waals surface area (Å²) < 4.78 is 33.1. The first-order chi connectivity index (χ1) is 17.2. The van der Waals surface area contributed by atoms with Crippen LogP contribution in [0.5, 0.6) is 0 Å². The number of benzene rings is 1. The number of amides is 1. The van der Waals surface area contributed by atoms with Crippen LogP contribution >= 0.6 is 0 Å². The third-order valence-electron chi connectivity index (χ3n) is 9.42. The third kappa shape index (κ3) is 4.16. The second-order valence-electron chi connectivity index (χ2n) is 11.6. The van der Waals surface area contributed by atoms with Gasteiger partial charge in [0.1, 0.15) is 11.9 Å². The Morgan fingerprint density at radius 3 is 2.47 bits per heavy atom. The fraction of sp³-hybridized carbons (Fsp3) is 0.607. The molecule has 8 heteroatoms. The second-order valence-corrected chi connectivity index (χ2v) is 13.6. The zero-order chi connectivity index (χ0) is 25.1. The number of hydrogen-bond acceptors (Lipinski definition) is 5. The molecule has 0 bridgehead atoms. The monoisotopic (exact) mass is 512 g/mol. The zero-order valence-electron chi connectivity index (χ0n) is 21.0. The molecule has 1 amide bonds. The molecule has 3 saturated carbocycles. The summed E-state index contributed by atoms with van der Waals surface area (Å²) in [5.74, 6) is 0.715. The molecule has 2 heterocycles. The summed E-state index contributed by atoms with van der Waals surface area (Å²) in [7, 11) is -3.40. The molecule has 7 nitrogen and oxygen atoms in total. The Balaban J connectivity index is 1.30. The van der Waals surface area contributed by atoms with Crippen LogP contribution in [0.4, 0.5) is 11.4 Å². The average molecular weight is 513 g/mol. The van der Waals surface area contributed by atoms with Crippen molar-refractivity contribution >= 4 is 27.3 Å². The topological polar surface area (TPSA) is 99.9 Å². The standard InChI is InChI=1S/C28H36N2O5S/c1-2-36(33,34)29-20-7-8-22-21(17-20)28(15-13-27(11-12-27)14-16-28)18-30(22)26(32)24-10-9-23(35-24)25(31)19-5-3-4-6-19/h7-10,17,19,25,29,31H,2-6,11-16,18H2,1H3/t25-/m0/s1. The molecule has 6 rings (SSSR count). The number of carbonyl (C=O) groups excluding carboxylic acids is 1. The van der Waals surface area contributed by atoms with Gasteiger partial charge in [0, 0.05) is 23.3 Å². The Morgan fingerprint density at radius 2 is 1.81 bits per heavy atom. The first-order valence-electron chi connectivity index (χ1n) is 13.5. The van der Waals surface area contributed by atoms with Crippen LogP contribution in [0.2, 0.25) is 0 Å². The van der Waals surface area contributed by atoms with Crippen molar-refractivity contribution in [1.82, 2.24) is 0 Å². The SMILES string of the molecule is CCS(=O)(=O)Nc1ccc2c(c1)C1(CCC3(CC3)CC1)CN2C(=O)c1ccc([C@@H](O)C2CCCC2)o1. The second kappa shape index (κ2) is 8.62. The summed E-state index contributed by atoms with van der Waals surface area (Å²) in [6, 6.07) is 8.98. The van der Waals surface area contributed by atoms with Crippen LogP contribution in [0.25, 0.3) is 0 Å². The summed E-state index contributed by atoms with van der Waals surface area (Å²) in [4.78, 5) is 15.5. The van der Waals surface area contributed by atoms with Crippen LogP contribution in [-0.4, -0.2) is 31.7 Å². The number of furan rings is 1. The number of nitrogens with one attached hydrogen (secondary N) is 1. The largest absolute Gasteiger partial charge is 0.453 e. The fourth-order valence-electron chi connectivity index (χ4n) is 6.79. The van der Waals surface area contributed by atoms with Gasteiger partial charge in [-0.15, -0.1) is 0 Å². The number of carbonyl (C=O) groups is 1. The van der Waals surface area contributed by atoms with E-state index < -0.39 is 16.1 Å². The van der Waals surface area contributed by atoms with E-state index in [4.69, 9.17) is 4.42 Å². The Morgan fingerprint density at radius 1 is 1.11 bits per heavy atom. The Kier molecular flexibility index (Phi) is 5.76. The number of sulfonamides is 1. The van der Waals surface area contributed by atoms with Gasteiger partial charge in [0.25, 0.3) is 5.91 Å². The molecular formula is C28H36N2O5S. The lowest BCUT2D eigenvalue weighted by Gasteiger charge is -2.38. The van der Waals surface area contributed by atoms with Crippen LogP contribution in [0.3, 0.4) is 0 Å². The predicted octanol–water partition coefficient (Wildman–Crippen LogP) is 5.52. The highest BCUT2D eigenvalue weighted by Crippen LogP contribution is 2.62. The highest BCUT2D eigenvalue weighted by Gasteiger charge is 2.54. The molecule has 194 valence electrons. The van der Waals surface area contributed by atoms with Crippen molar-refractivity contribution in [2.45, 2.75) is 82.7 Å². The van der Waals surface area contributed by atoms with E-state index in [0.29, 0.717) is 23.4 Å². The summed E-state index contributed by atoms with van der Waals surface area (Å²) in [6.45, 7) is 2.19. The lowest BCUT2D eigenvalue weighted by atomic mass is 9.66. The number of fused-ring (bicyclic) bond motifs is 2. The number of hydrogen-bond donors (Lipinski definition) is 2. The normalized spacial score (nSPS) is 23.2. The summed E-state index contributed by atoms with van der Waals surface area (Å²) >= 11 is 0. The number of rotatable bonds is 6. The highest BCUT2D eigenvalue weighted by molar-refractivity contribution is 7.92. The lowest BCUT2D eigenvalue weighted by Crippen LogP contribution is -2.39. The zero-order valence-corrected chi connectivity index (χ0v) is 21.8. The van der Waals surface area contributed by atoms with Crippen LogP contribution in [0.1, 0.15) is 99.1 Å². The molecule has 4 aliphatic rings. The third-order valence-corrected chi connectivity index (χ3v) is 10.7. The van der Waals surface area contributed by atoms with Gasteiger partial charge in [0.05, 0.1) is 5.75 Å². The maximum absolute atomic E-state index is 13.7. The van der Waals surface area contributed by atoms with Gasteiger partial charge >= 0.3 is 0 Å². The van der Waals surface area contributed by atoms with Gasteiger partial charge < -0.3 is 14.4 Å². The molecule has 3 aliphatic carbocycles. The number of aliphatic hydroxyl groups excluding tert-OH is 1. The predicted molar refractivity (Wildman–Crippen MR) is 139 cm³/mol. The van der Waals surface area contributed by atoms with Crippen LogP contribution < -0.4 is 9.62 Å². The maximum atomic E-state index is 13.7. The highest BCUT2D eigenvalue weighted by atomic mass is 32.2. The number of anilines is 2. The van der Waals surface area contributed by atoms with E-state index in [1.807, 2.05) is 17.0 Å². The quantitative estimate of drug-likeness (QED) is 0.531. The van der Waals surface area contributed by atoms with Crippen LogP contribution in [-0.2, 0) is 15.4 Å². The first kappa shape index (κ1) is 24.0. The van der Waals surface area contributed by atoms with Crippen molar-refractivity contribution in [1.29, 1.82) is 0 Å². The minimum Gasteiger partial charge on any atom is -0.453 e. The molecule has 3 fully saturated rings. The molecule has 2 aromatic rings. The van der Waals surface area contributed by atoms with E-state index in [2.05, 4.69) is 4.72 Å². The molecule has 1 aliphatic heterocycles. The Hall–Kier alpha value is -2.32. The van der Waals surface area contributed by atoms with E-state index in [-0.39, 0.29) is 28.8 Å². The van der Waals surface area contributed by atoms with E-state index in [1.165, 1.54) is 12.8 Å². The molecule has 2 spiro atoms. The van der Waals surface area contributed by atoms with E-state index in [9.17, 15) is 18.3 Å². The lowest BCUT2D eigenvalue weighted by molar-refractivity contribution is 0.0828. The van der Waals surface area contributed by atoms with Gasteiger partial charge in [-0.05, 0) is 106 Å². The number of nitrogens with zero attached hydrogens (tertiary/aromatic N) is 1. The molecule has 1 atom stereocenters. The average Bonchev–Trinajstić information content (AvgIpc) is 3.29. The molecule has 1 aromatic heterocycles. The maximum Gasteiger partial charge on any atom is 0.294 e. The van der Waals surface area contributed by atoms with Gasteiger partial charge in [-0.1, -0.05) is 12.8 Å². The minimum absolute atomic E-state index is 0.00982. The van der Waals surface area contributed by atoms with Gasteiger partial charge in [0.15, 0.2) is 5.76 Å². The van der Waals surface area contributed by atoms with Crippen molar-refractivity contribution in [3.63, 3.8) is 0 Å². The minimum atomic E-state index is -3.40. The molecular weight excluding hydrogens is 476 g/mol. The van der Waals surface area contributed by atoms with Crippen LogP contribution in [0.15, 0.2) is 34.7 Å². The fourth-order valence-corrected chi connectivity index (χ4v) is 7.42. The molecule has 0 radical (unpaired) electrons.